The van der Waals surface area contributed by atoms with Crippen molar-refractivity contribution in [2.75, 3.05) is 18.0 Å². The van der Waals surface area contributed by atoms with Crippen LogP contribution in [0.5, 0.6) is 0 Å². The summed E-state index contributed by atoms with van der Waals surface area (Å²) in [6.07, 6.45) is 3.39. The number of halogens is 2. The molecule has 38 heavy (non-hydrogen) atoms. The molecule has 2 N–H and O–H groups in total. The number of urea groups is 1. The molecule has 1 spiro atoms. The molecular formula is C29H35F2N3O4. The van der Waals surface area contributed by atoms with Gasteiger partial charge < -0.3 is 15.3 Å². The monoisotopic (exact) mass is 527 g/mol. The smallest absolute Gasteiger partial charge is 0.325 e. The number of nitrogens with zero attached hydrogens (tertiary/aromatic N) is 2. The quantitative estimate of drug-likeness (QED) is 0.492. The minimum absolute atomic E-state index is 0.0378. The number of rotatable bonds is 7. The van der Waals surface area contributed by atoms with Crippen LogP contribution in [-0.4, -0.2) is 46.5 Å². The Morgan fingerprint density at radius 1 is 1.05 bits per heavy atom. The molecule has 0 radical (unpaired) electrons. The first-order valence-electron chi connectivity index (χ1n) is 13.0. The summed E-state index contributed by atoms with van der Waals surface area (Å²) in [7, 11) is 0. The Balaban J connectivity index is 1.55. The predicted molar refractivity (Wildman–Crippen MR) is 140 cm³/mol. The van der Waals surface area contributed by atoms with E-state index in [1.54, 1.807) is 29.2 Å². The highest BCUT2D eigenvalue weighted by Gasteiger charge is 2.52. The summed E-state index contributed by atoms with van der Waals surface area (Å²) in [4.78, 5) is 40.1. The van der Waals surface area contributed by atoms with Crippen molar-refractivity contribution in [2.45, 2.75) is 65.0 Å². The van der Waals surface area contributed by atoms with Crippen LogP contribution in [0.4, 0.5) is 19.3 Å². The van der Waals surface area contributed by atoms with E-state index >= 15 is 0 Å². The van der Waals surface area contributed by atoms with E-state index < -0.39 is 23.1 Å². The zero-order valence-corrected chi connectivity index (χ0v) is 22.1. The fourth-order valence-corrected chi connectivity index (χ4v) is 5.66. The number of hydrogen-bond donors (Lipinski definition) is 2. The van der Waals surface area contributed by atoms with Crippen molar-refractivity contribution in [3.05, 3.63) is 65.2 Å². The molecule has 1 saturated heterocycles. The molecule has 1 saturated carbocycles. The third-order valence-corrected chi connectivity index (χ3v) is 8.02. The minimum atomic E-state index is -0.989. The largest absolute Gasteiger partial charge is 0.481 e. The zero-order chi connectivity index (χ0) is 27.7. The molecular weight excluding hydrogens is 492 g/mol. The lowest BCUT2D eigenvalue weighted by atomic mass is 9.67. The van der Waals surface area contributed by atoms with Crippen molar-refractivity contribution in [2.24, 2.45) is 11.3 Å². The molecule has 204 valence electrons. The molecule has 7 nitrogen and oxygen atoms in total. The average Bonchev–Trinajstić information content (AvgIpc) is 3.11. The van der Waals surface area contributed by atoms with Gasteiger partial charge in [-0.1, -0.05) is 32.9 Å². The van der Waals surface area contributed by atoms with Gasteiger partial charge in [0.05, 0.1) is 18.5 Å². The molecule has 0 aromatic heterocycles. The van der Waals surface area contributed by atoms with E-state index in [1.807, 2.05) is 4.90 Å². The topological polar surface area (TPSA) is 90.0 Å². The van der Waals surface area contributed by atoms with Gasteiger partial charge >= 0.3 is 12.0 Å². The van der Waals surface area contributed by atoms with E-state index in [1.165, 1.54) is 6.07 Å². The first-order chi connectivity index (χ1) is 17.9. The number of anilines is 1. The van der Waals surface area contributed by atoms with Crippen LogP contribution in [0.2, 0.25) is 0 Å². The maximum absolute atomic E-state index is 14.1. The third kappa shape index (κ3) is 5.81. The van der Waals surface area contributed by atoms with Crippen LogP contribution in [0.15, 0.2) is 42.5 Å². The molecule has 2 aliphatic rings. The van der Waals surface area contributed by atoms with Crippen LogP contribution in [0.1, 0.15) is 68.8 Å². The molecule has 0 bridgehead atoms. The van der Waals surface area contributed by atoms with Gasteiger partial charge in [-0.2, -0.15) is 0 Å². The van der Waals surface area contributed by atoms with Crippen molar-refractivity contribution in [1.82, 2.24) is 10.2 Å². The highest BCUT2D eigenvalue weighted by atomic mass is 19.2. The van der Waals surface area contributed by atoms with Gasteiger partial charge in [0.2, 0.25) is 0 Å². The number of nitrogens with one attached hydrogen (secondary N) is 1. The fourth-order valence-electron chi connectivity index (χ4n) is 5.66. The van der Waals surface area contributed by atoms with Crippen LogP contribution >= 0.6 is 0 Å². The molecule has 0 atom stereocenters. The first kappa shape index (κ1) is 27.5. The Hall–Kier alpha value is -3.49. The number of carbonyl (C=O) groups excluding carboxylic acids is 2. The van der Waals surface area contributed by atoms with Crippen LogP contribution in [0.25, 0.3) is 0 Å². The van der Waals surface area contributed by atoms with Gasteiger partial charge in [0.15, 0.2) is 11.6 Å². The molecule has 1 aliphatic carbocycles. The van der Waals surface area contributed by atoms with Gasteiger partial charge in [0.25, 0.3) is 5.91 Å². The van der Waals surface area contributed by atoms with Gasteiger partial charge in [0.1, 0.15) is 0 Å². The van der Waals surface area contributed by atoms with E-state index in [2.05, 4.69) is 26.1 Å². The van der Waals surface area contributed by atoms with Crippen molar-refractivity contribution < 1.29 is 28.3 Å². The molecule has 9 heteroatoms. The van der Waals surface area contributed by atoms with Crippen LogP contribution in [0, 0.1) is 23.0 Å². The Kier molecular flexibility index (Phi) is 7.76. The Morgan fingerprint density at radius 3 is 2.29 bits per heavy atom. The standard InChI is InChI=1S/C29H35F2N3O4/c1-28(2,3)21-10-13-29(14-11-21)18-33(22-8-9-23(30)24(31)16-22)27(38)34(29)17-19-4-6-20(7-5-19)26(37)32-15-12-25(35)36/h4-9,16,21H,10-15,17-18H2,1-3H3,(H,32,37)(H,35,36). The normalized spacial score (nSPS) is 21.7. The number of benzene rings is 2. The predicted octanol–water partition coefficient (Wildman–Crippen LogP) is 5.59. The van der Waals surface area contributed by atoms with Gasteiger partial charge in [-0.3, -0.25) is 14.5 Å². The number of hydrogen-bond acceptors (Lipinski definition) is 3. The lowest BCUT2D eigenvalue weighted by Crippen LogP contribution is -2.50. The highest BCUT2D eigenvalue weighted by Crippen LogP contribution is 2.47. The van der Waals surface area contributed by atoms with Crippen LogP contribution < -0.4 is 10.2 Å². The second kappa shape index (κ2) is 10.7. The Labute approximate surface area is 221 Å². The van der Waals surface area contributed by atoms with Crippen molar-refractivity contribution in [3.63, 3.8) is 0 Å². The van der Waals surface area contributed by atoms with Gasteiger partial charge in [0, 0.05) is 30.4 Å². The number of aliphatic carboxylic acids is 1. The maximum atomic E-state index is 14.1. The number of amides is 3. The van der Waals surface area contributed by atoms with E-state index in [4.69, 9.17) is 5.11 Å². The van der Waals surface area contributed by atoms with Crippen LogP contribution in [0.3, 0.4) is 0 Å². The lowest BCUT2D eigenvalue weighted by molar-refractivity contribution is -0.136. The third-order valence-electron chi connectivity index (χ3n) is 8.02. The molecule has 4 rings (SSSR count). The highest BCUT2D eigenvalue weighted by molar-refractivity contribution is 5.96. The number of carboxylic acid groups (broad SMARTS) is 1. The zero-order valence-electron chi connectivity index (χ0n) is 22.1. The maximum Gasteiger partial charge on any atom is 0.325 e. The lowest BCUT2D eigenvalue weighted by Gasteiger charge is -2.45. The van der Waals surface area contributed by atoms with E-state index in [-0.39, 0.29) is 30.3 Å². The summed E-state index contributed by atoms with van der Waals surface area (Å²) in [6.45, 7) is 7.47. The van der Waals surface area contributed by atoms with E-state index in [0.717, 1.165) is 43.4 Å². The fraction of sp³-hybridized carbons (Fsp3) is 0.483. The molecule has 1 heterocycles. The number of carbonyl (C=O) groups is 3. The molecule has 1 aliphatic heterocycles. The van der Waals surface area contributed by atoms with Crippen molar-refractivity contribution in [1.29, 1.82) is 0 Å². The van der Waals surface area contributed by atoms with Gasteiger partial charge in [-0.15, -0.1) is 0 Å². The molecule has 2 aromatic carbocycles. The second-order valence-electron chi connectivity index (χ2n) is 11.5. The van der Waals surface area contributed by atoms with E-state index in [0.29, 0.717) is 30.3 Å². The number of carboxylic acids is 1. The second-order valence-corrected chi connectivity index (χ2v) is 11.5. The van der Waals surface area contributed by atoms with Crippen molar-refractivity contribution in [3.8, 4) is 0 Å². The molecule has 2 fully saturated rings. The summed E-state index contributed by atoms with van der Waals surface area (Å²) < 4.78 is 27.7. The summed E-state index contributed by atoms with van der Waals surface area (Å²) >= 11 is 0. The molecule has 3 amide bonds. The summed E-state index contributed by atoms with van der Waals surface area (Å²) in [6, 6.07) is 10.2. The summed E-state index contributed by atoms with van der Waals surface area (Å²) in [5, 5.41) is 11.3. The molecule has 0 unspecified atom stereocenters. The first-order valence-corrected chi connectivity index (χ1v) is 13.0. The van der Waals surface area contributed by atoms with Crippen molar-refractivity contribution >= 4 is 23.6 Å². The summed E-state index contributed by atoms with van der Waals surface area (Å²) in [5.41, 5.74) is 1.30. The Bertz CT molecular complexity index is 1200. The molecule has 2 aromatic rings. The van der Waals surface area contributed by atoms with Gasteiger partial charge in [-0.05, 0) is 66.8 Å². The average molecular weight is 528 g/mol. The van der Waals surface area contributed by atoms with Crippen LogP contribution in [-0.2, 0) is 11.3 Å². The Morgan fingerprint density at radius 2 is 1.71 bits per heavy atom. The SMILES string of the molecule is CC(C)(C)C1CCC2(CC1)CN(c1ccc(F)c(F)c1)C(=O)N2Cc1ccc(C(=O)NCCC(=O)O)cc1. The van der Waals surface area contributed by atoms with E-state index in [9.17, 15) is 23.2 Å². The minimum Gasteiger partial charge on any atom is -0.481 e. The summed E-state index contributed by atoms with van der Waals surface area (Å²) in [5.74, 6) is -2.77. The van der Waals surface area contributed by atoms with Gasteiger partial charge in [-0.25, -0.2) is 13.6 Å².